The number of hydrogen-bond donors (Lipinski definition) is 1. The molecule has 0 bridgehead atoms. The van der Waals surface area contributed by atoms with Gasteiger partial charge < -0.3 is 4.98 Å². The highest BCUT2D eigenvalue weighted by molar-refractivity contribution is 9.10. The van der Waals surface area contributed by atoms with E-state index < -0.39 is 0 Å². The predicted octanol–water partition coefficient (Wildman–Crippen LogP) is 4.63. The molecule has 3 nitrogen and oxygen atoms in total. The van der Waals surface area contributed by atoms with Crippen LogP contribution in [0.2, 0.25) is 0 Å². The molecule has 0 unspecified atom stereocenters. The van der Waals surface area contributed by atoms with Gasteiger partial charge in [-0.05, 0) is 33.6 Å². The van der Waals surface area contributed by atoms with E-state index in [4.69, 9.17) is 12.2 Å². The molecule has 0 aliphatic carbocycles. The van der Waals surface area contributed by atoms with Crippen molar-refractivity contribution in [3.8, 4) is 22.6 Å². The van der Waals surface area contributed by atoms with Crippen molar-refractivity contribution in [2.75, 3.05) is 0 Å². The molecule has 0 aliphatic rings. The van der Waals surface area contributed by atoms with Gasteiger partial charge in [0.2, 0.25) is 0 Å². The quantitative estimate of drug-likeness (QED) is 0.689. The molecular weight excluding hydrogens is 334 g/mol. The summed E-state index contributed by atoms with van der Waals surface area (Å²) in [6.45, 7) is 0. The third-order valence-electron chi connectivity index (χ3n) is 2.88. The van der Waals surface area contributed by atoms with Crippen LogP contribution < -0.4 is 0 Å². The fourth-order valence-corrected chi connectivity index (χ4v) is 2.52. The number of H-pyrrole nitrogens is 1. The zero-order valence-electron chi connectivity index (χ0n) is 10.4. The van der Waals surface area contributed by atoms with Crippen molar-refractivity contribution in [2.45, 2.75) is 0 Å². The van der Waals surface area contributed by atoms with Crippen molar-refractivity contribution in [1.82, 2.24) is 15.0 Å². The molecule has 1 aromatic carbocycles. The van der Waals surface area contributed by atoms with E-state index in [9.17, 15) is 0 Å². The Morgan fingerprint density at radius 1 is 0.950 bits per heavy atom. The zero-order valence-corrected chi connectivity index (χ0v) is 12.8. The average Bonchev–Trinajstić information content (AvgIpc) is 2.51. The van der Waals surface area contributed by atoms with Gasteiger partial charge in [-0.15, -0.1) is 0 Å². The zero-order chi connectivity index (χ0) is 13.9. The molecule has 0 atom stereocenters. The van der Waals surface area contributed by atoms with E-state index in [1.165, 1.54) is 0 Å². The first-order chi connectivity index (χ1) is 9.75. The van der Waals surface area contributed by atoms with E-state index in [-0.39, 0.29) is 0 Å². The predicted molar refractivity (Wildman–Crippen MR) is 85.8 cm³/mol. The van der Waals surface area contributed by atoms with Gasteiger partial charge in [0, 0.05) is 18.0 Å². The summed E-state index contributed by atoms with van der Waals surface area (Å²) in [6.07, 6.45) is 3.47. The third-order valence-corrected chi connectivity index (χ3v) is 4.21. The number of halogens is 1. The Morgan fingerprint density at radius 3 is 2.35 bits per heavy atom. The van der Waals surface area contributed by atoms with Gasteiger partial charge in [0.1, 0.15) is 10.5 Å². The largest absolute Gasteiger partial charge is 0.338 e. The van der Waals surface area contributed by atoms with Crippen LogP contribution in [0.1, 0.15) is 0 Å². The van der Waals surface area contributed by atoms with Gasteiger partial charge in [-0.1, -0.05) is 42.5 Å². The maximum atomic E-state index is 5.33. The molecule has 3 rings (SSSR count). The van der Waals surface area contributed by atoms with Crippen molar-refractivity contribution in [3.63, 3.8) is 0 Å². The summed E-state index contributed by atoms with van der Waals surface area (Å²) in [5.41, 5.74) is 2.94. The van der Waals surface area contributed by atoms with Gasteiger partial charge in [-0.25, -0.2) is 4.98 Å². The molecule has 1 N–H and O–H groups in total. The highest BCUT2D eigenvalue weighted by Crippen LogP contribution is 2.28. The van der Waals surface area contributed by atoms with Crippen LogP contribution >= 0.6 is 28.1 Å². The number of aromatic nitrogens is 3. The maximum Gasteiger partial charge on any atom is 0.144 e. The Morgan fingerprint density at radius 2 is 1.65 bits per heavy atom. The Hall–Kier alpha value is -1.85. The fraction of sp³-hybridized carbons (Fsp3) is 0. The second kappa shape index (κ2) is 5.64. The van der Waals surface area contributed by atoms with Crippen molar-refractivity contribution >= 4 is 28.1 Å². The molecule has 98 valence electrons. The van der Waals surface area contributed by atoms with Crippen LogP contribution in [0.5, 0.6) is 0 Å². The smallest absolute Gasteiger partial charge is 0.144 e. The minimum atomic E-state index is 0.536. The minimum Gasteiger partial charge on any atom is -0.338 e. The summed E-state index contributed by atoms with van der Waals surface area (Å²) in [5, 5.41) is 0. The van der Waals surface area contributed by atoms with Crippen LogP contribution in [0.25, 0.3) is 22.6 Å². The number of nitrogens with zero attached hydrogens (tertiary/aromatic N) is 2. The number of benzene rings is 1. The Bertz CT molecular complexity index is 785. The van der Waals surface area contributed by atoms with Crippen molar-refractivity contribution in [1.29, 1.82) is 0 Å². The van der Waals surface area contributed by atoms with Crippen molar-refractivity contribution < 1.29 is 0 Å². The highest BCUT2D eigenvalue weighted by Gasteiger charge is 2.09. The maximum absolute atomic E-state index is 5.33. The van der Waals surface area contributed by atoms with Crippen molar-refractivity contribution in [2.24, 2.45) is 0 Å². The van der Waals surface area contributed by atoms with Gasteiger partial charge >= 0.3 is 0 Å². The molecule has 3 aromatic rings. The number of rotatable bonds is 2. The molecule has 0 saturated heterocycles. The van der Waals surface area contributed by atoms with E-state index >= 15 is 0 Å². The monoisotopic (exact) mass is 343 g/mol. The van der Waals surface area contributed by atoms with Crippen LogP contribution in [-0.4, -0.2) is 15.0 Å². The van der Waals surface area contributed by atoms with Gasteiger partial charge in [-0.2, -0.15) is 0 Å². The summed E-state index contributed by atoms with van der Waals surface area (Å²) >= 11 is 8.85. The average molecular weight is 344 g/mol. The van der Waals surface area contributed by atoms with Gasteiger partial charge in [0.25, 0.3) is 0 Å². The van der Waals surface area contributed by atoms with E-state index in [0.29, 0.717) is 4.64 Å². The summed E-state index contributed by atoms with van der Waals surface area (Å²) in [7, 11) is 0. The number of pyridine rings is 1. The molecular formula is C15H10BrN3S. The fourth-order valence-electron chi connectivity index (χ4n) is 1.91. The van der Waals surface area contributed by atoms with Crippen LogP contribution in [0.3, 0.4) is 0 Å². The van der Waals surface area contributed by atoms with Gasteiger partial charge in [0.15, 0.2) is 0 Å². The molecule has 2 aromatic heterocycles. The highest BCUT2D eigenvalue weighted by atomic mass is 79.9. The van der Waals surface area contributed by atoms with E-state index in [1.54, 1.807) is 12.4 Å². The van der Waals surface area contributed by atoms with Crippen molar-refractivity contribution in [3.05, 3.63) is 64.0 Å². The lowest BCUT2D eigenvalue weighted by Gasteiger charge is -2.08. The second-order valence-electron chi connectivity index (χ2n) is 4.18. The van der Waals surface area contributed by atoms with Crippen LogP contribution in [-0.2, 0) is 0 Å². The number of aromatic amines is 1. The number of nitrogens with one attached hydrogen (secondary N) is 1. The molecule has 0 radical (unpaired) electrons. The lowest BCUT2D eigenvalue weighted by Crippen LogP contribution is -1.95. The molecule has 5 heteroatoms. The summed E-state index contributed by atoms with van der Waals surface area (Å²) in [4.78, 5) is 11.8. The van der Waals surface area contributed by atoms with Crippen LogP contribution in [0.15, 0.2) is 59.3 Å². The lowest BCUT2D eigenvalue weighted by molar-refractivity contribution is 1.14. The summed E-state index contributed by atoms with van der Waals surface area (Å²) < 4.78 is 1.34. The van der Waals surface area contributed by atoms with Crippen LogP contribution in [0, 0.1) is 4.64 Å². The van der Waals surface area contributed by atoms with E-state index in [0.717, 1.165) is 27.1 Å². The molecule has 0 amide bonds. The minimum absolute atomic E-state index is 0.536. The summed E-state index contributed by atoms with van der Waals surface area (Å²) in [5.74, 6) is 0.736. The molecule has 0 aliphatic heterocycles. The second-order valence-corrected chi connectivity index (χ2v) is 5.36. The molecule has 0 saturated carbocycles. The Kier molecular flexibility index (Phi) is 3.71. The molecule has 20 heavy (non-hydrogen) atoms. The lowest BCUT2D eigenvalue weighted by atomic mass is 10.1. The van der Waals surface area contributed by atoms with E-state index in [1.807, 2.05) is 42.5 Å². The summed E-state index contributed by atoms with van der Waals surface area (Å²) in [6, 6.07) is 13.8. The first-order valence-electron chi connectivity index (χ1n) is 6.01. The standard InChI is InChI=1S/C15H10BrN3S/c16-12-13(10-4-2-1-3-5-10)18-14(19-15(12)20)11-6-8-17-9-7-11/h1-9H,(H,18,19,20). The van der Waals surface area contributed by atoms with E-state index in [2.05, 4.69) is 30.9 Å². The Balaban J connectivity index is 2.22. The molecule has 0 spiro atoms. The topological polar surface area (TPSA) is 41.6 Å². The SMILES string of the molecule is S=c1nc(-c2ccncc2)[nH]c(-c2ccccc2)c1Br. The van der Waals surface area contributed by atoms with Gasteiger partial charge in [-0.3, -0.25) is 4.98 Å². The van der Waals surface area contributed by atoms with Gasteiger partial charge in [0.05, 0.1) is 10.2 Å². The molecule has 2 heterocycles. The molecule has 0 fully saturated rings. The Labute approximate surface area is 129 Å². The van der Waals surface area contributed by atoms with Crippen LogP contribution in [0.4, 0.5) is 0 Å². The number of hydrogen-bond acceptors (Lipinski definition) is 3. The normalized spacial score (nSPS) is 10.4. The third kappa shape index (κ3) is 2.55. The first-order valence-corrected chi connectivity index (χ1v) is 7.21. The first kappa shape index (κ1) is 13.1.